The fourth-order valence-corrected chi connectivity index (χ4v) is 4.70. The molecule has 0 N–H and O–H groups in total. The third-order valence-electron chi connectivity index (χ3n) is 5.38. The lowest BCUT2D eigenvalue weighted by Crippen LogP contribution is -2.74. The molecule has 2 aromatic carbocycles. The molecule has 0 spiro atoms. The summed E-state index contributed by atoms with van der Waals surface area (Å²) >= 11 is 0. The van der Waals surface area contributed by atoms with Crippen molar-refractivity contribution in [2.45, 2.75) is 0 Å². The fraction of sp³-hybridized carbons (Fsp3) is 0.350. The maximum atomic E-state index is 13.7. The average molecular weight is 336 g/mol. The molecule has 25 heavy (non-hydrogen) atoms. The molecule has 0 aromatic heterocycles. The number of aliphatic imine (C=N–C) groups is 1. The van der Waals surface area contributed by atoms with E-state index in [-0.39, 0.29) is 11.2 Å². The van der Waals surface area contributed by atoms with Crippen LogP contribution in [0.1, 0.15) is 5.56 Å². The van der Waals surface area contributed by atoms with Crippen LogP contribution in [0.25, 0.3) is 0 Å². The molecule has 4 saturated heterocycles. The molecule has 0 atom stereocenters. The van der Waals surface area contributed by atoms with Crippen LogP contribution >= 0.6 is 0 Å². The van der Waals surface area contributed by atoms with Gasteiger partial charge < -0.3 is 0 Å². The molecule has 4 nitrogen and oxygen atoms in total. The van der Waals surface area contributed by atoms with Gasteiger partial charge in [-0.15, -0.1) is 0 Å². The van der Waals surface area contributed by atoms with Gasteiger partial charge in [0.2, 0.25) is 0 Å². The molecule has 128 valence electrons. The zero-order valence-electron chi connectivity index (χ0n) is 14.1. The molecule has 4 fully saturated rings. The first-order valence-corrected chi connectivity index (χ1v) is 8.77. The summed E-state index contributed by atoms with van der Waals surface area (Å²) < 4.78 is 13.7. The van der Waals surface area contributed by atoms with Gasteiger partial charge in [-0.1, -0.05) is 36.4 Å². The Morgan fingerprint density at radius 2 is 1.48 bits per heavy atom. The second kappa shape index (κ2) is 5.73. The third kappa shape index (κ3) is 2.68. The van der Waals surface area contributed by atoms with Crippen LogP contribution in [-0.4, -0.2) is 60.1 Å². The average Bonchev–Trinajstić information content (AvgIpc) is 2.59. The highest BCUT2D eigenvalue weighted by molar-refractivity contribution is 6.06. The fourth-order valence-electron chi connectivity index (χ4n) is 4.70. The van der Waals surface area contributed by atoms with Crippen molar-refractivity contribution in [2.24, 2.45) is 10.4 Å². The van der Waals surface area contributed by atoms with E-state index in [0.29, 0.717) is 5.69 Å². The second-order valence-corrected chi connectivity index (χ2v) is 7.50. The summed E-state index contributed by atoms with van der Waals surface area (Å²) in [5, 5.41) is 0. The van der Waals surface area contributed by atoms with Crippen LogP contribution in [0.15, 0.2) is 59.6 Å². The van der Waals surface area contributed by atoms with Gasteiger partial charge in [0.05, 0.1) is 36.8 Å². The summed E-state index contributed by atoms with van der Waals surface area (Å²) in [5.74, 6) is -0.240. The molecule has 0 saturated carbocycles. The van der Waals surface area contributed by atoms with Crippen LogP contribution in [-0.2, 0) is 0 Å². The highest BCUT2D eigenvalue weighted by atomic mass is 19.1. The zero-order valence-corrected chi connectivity index (χ0v) is 14.1. The Balaban J connectivity index is 1.63. The monoisotopic (exact) mass is 336 g/mol. The van der Waals surface area contributed by atoms with Crippen molar-refractivity contribution in [1.82, 2.24) is 14.7 Å². The largest absolute Gasteiger partial charge is 0.276 e. The Kier molecular flexibility index (Phi) is 3.48. The van der Waals surface area contributed by atoms with Crippen LogP contribution in [0.3, 0.4) is 0 Å². The summed E-state index contributed by atoms with van der Waals surface area (Å²) in [6, 6.07) is 17.0. The van der Waals surface area contributed by atoms with Gasteiger partial charge >= 0.3 is 0 Å². The highest BCUT2D eigenvalue weighted by Gasteiger charge is 2.51. The van der Waals surface area contributed by atoms with Gasteiger partial charge in [-0.05, 0) is 23.8 Å². The van der Waals surface area contributed by atoms with Crippen molar-refractivity contribution in [1.29, 1.82) is 0 Å². The number of nitrogens with zero attached hydrogens (tertiary/aromatic N) is 4. The van der Waals surface area contributed by atoms with E-state index >= 15 is 0 Å². The molecular formula is C20H21FN4. The standard InChI is InChI=1S/C20H21FN4/c21-17-7-4-8-18(9-17)22-19(16-5-2-1-3-6-16)20-10-23-13-24(11-20)15-25(12-20)14-23/h1-9H,10-15H2. The lowest BCUT2D eigenvalue weighted by Gasteiger charge is -2.60. The lowest BCUT2D eigenvalue weighted by molar-refractivity contribution is -0.149. The van der Waals surface area contributed by atoms with Crippen molar-refractivity contribution in [3.8, 4) is 0 Å². The van der Waals surface area contributed by atoms with Crippen LogP contribution in [0.5, 0.6) is 0 Å². The number of halogens is 1. The van der Waals surface area contributed by atoms with E-state index in [1.807, 2.05) is 12.1 Å². The zero-order chi connectivity index (χ0) is 16.9. The summed E-state index contributed by atoms with van der Waals surface area (Å²) in [6.07, 6.45) is 0. The summed E-state index contributed by atoms with van der Waals surface area (Å²) in [7, 11) is 0. The minimum Gasteiger partial charge on any atom is -0.276 e. The predicted molar refractivity (Wildman–Crippen MR) is 96.2 cm³/mol. The normalized spacial score (nSPS) is 33.6. The summed E-state index contributed by atoms with van der Waals surface area (Å²) in [4.78, 5) is 12.4. The van der Waals surface area contributed by atoms with E-state index in [9.17, 15) is 4.39 Å². The first-order valence-electron chi connectivity index (χ1n) is 8.77. The molecule has 4 heterocycles. The Bertz CT molecular complexity index is 782. The Morgan fingerprint density at radius 1 is 0.840 bits per heavy atom. The van der Waals surface area contributed by atoms with Gasteiger partial charge in [-0.3, -0.25) is 19.7 Å². The van der Waals surface area contributed by atoms with E-state index in [2.05, 4.69) is 39.0 Å². The quantitative estimate of drug-likeness (QED) is 0.805. The highest BCUT2D eigenvalue weighted by Crippen LogP contribution is 2.39. The second-order valence-electron chi connectivity index (χ2n) is 7.50. The van der Waals surface area contributed by atoms with Gasteiger partial charge in [-0.25, -0.2) is 4.39 Å². The van der Waals surface area contributed by atoms with Crippen LogP contribution in [0.4, 0.5) is 10.1 Å². The van der Waals surface area contributed by atoms with Crippen molar-refractivity contribution in [3.05, 3.63) is 66.0 Å². The van der Waals surface area contributed by atoms with Crippen molar-refractivity contribution < 1.29 is 4.39 Å². The Morgan fingerprint density at radius 3 is 2.08 bits per heavy atom. The van der Waals surface area contributed by atoms with E-state index in [1.165, 1.54) is 12.1 Å². The number of benzene rings is 2. The molecule has 2 aromatic rings. The Hall–Kier alpha value is -2.08. The minimum absolute atomic E-state index is 0.0254. The first kappa shape index (κ1) is 15.2. The van der Waals surface area contributed by atoms with Gasteiger partial charge in [0.25, 0.3) is 0 Å². The molecule has 4 aliphatic heterocycles. The summed E-state index contributed by atoms with van der Waals surface area (Å²) in [6.45, 7) is 6.18. The minimum atomic E-state index is -0.240. The molecule has 4 aliphatic rings. The third-order valence-corrected chi connectivity index (χ3v) is 5.38. The molecule has 6 rings (SSSR count). The van der Waals surface area contributed by atoms with E-state index < -0.39 is 0 Å². The molecule has 0 aliphatic carbocycles. The maximum Gasteiger partial charge on any atom is 0.125 e. The number of rotatable bonds is 3. The molecule has 0 radical (unpaired) electrons. The SMILES string of the molecule is Fc1cccc(N=C(c2ccccc2)C23CN4CN(CN(C4)C2)C3)c1. The molecule has 0 amide bonds. The molecular weight excluding hydrogens is 315 g/mol. The van der Waals surface area contributed by atoms with Crippen molar-refractivity contribution in [2.75, 3.05) is 39.6 Å². The van der Waals surface area contributed by atoms with Crippen LogP contribution in [0.2, 0.25) is 0 Å². The van der Waals surface area contributed by atoms with Gasteiger partial charge in [-0.2, -0.15) is 0 Å². The van der Waals surface area contributed by atoms with Crippen LogP contribution in [0, 0.1) is 11.2 Å². The van der Waals surface area contributed by atoms with Gasteiger partial charge in [0.15, 0.2) is 0 Å². The lowest BCUT2D eigenvalue weighted by atomic mass is 9.74. The number of hydrogen-bond donors (Lipinski definition) is 0. The molecule has 4 bridgehead atoms. The van der Waals surface area contributed by atoms with E-state index in [4.69, 9.17) is 4.99 Å². The molecule has 0 unspecified atom stereocenters. The predicted octanol–water partition coefficient (Wildman–Crippen LogP) is 2.75. The van der Waals surface area contributed by atoms with Gasteiger partial charge in [0, 0.05) is 19.6 Å². The smallest absolute Gasteiger partial charge is 0.125 e. The van der Waals surface area contributed by atoms with Crippen molar-refractivity contribution >= 4 is 11.4 Å². The van der Waals surface area contributed by atoms with Crippen molar-refractivity contribution in [3.63, 3.8) is 0 Å². The maximum absolute atomic E-state index is 13.7. The van der Waals surface area contributed by atoms with E-state index in [1.54, 1.807) is 6.07 Å². The Labute approximate surface area is 147 Å². The number of hydrogen-bond acceptors (Lipinski definition) is 4. The van der Waals surface area contributed by atoms with Crippen LogP contribution < -0.4 is 0 Å². The first-order chi connectivity index (χ1) is 12.2. The van der Waals surface area contributed by atoms with E-state index in [0.717, 1.165) is 50.9 Å². The van der Waals surface area contributed by atoms with Gasteiger partial charge in [0.1, 0.15) is 5.82 Å². The molecule has 5 heteroatoms. The topological polar surface area (TPSA) is 22.1 Å². The summed E-state index contributed by atoms with van der Waals surface area (Å²) in [5.41, 5.74) is 2.88.